The Kier molecular flexibility index (Phi) is 5.18. The van der Waals surface area contributed by atoms with E-state index in [1.165, 1.54) is 5.56 Å². The quantitative estimate of drug-likeness (QED) is 0.895. The Morgan fingerprint density at radius 3 is 2.36 bits per heavy atom. The van der Waals surface area contributed by atoms with Gasteiger partial charge in [0, 0.05) is 30.9 Å². The number of anilines is 1. The minimum atomic E-state index is -0.0653. The SMILES string of the molecule is Cc1cc(C)cc(N2CCN(C(=O)c3ccc([C@H]4CCNC4)cc3)CC2=O)c1. The normalized spacial score (nSPS) is 19.9. The Labute approximate surface area is 166 Å². The summed E-state index contributed by atoms with van der Waals surface area (Å²) >= 11 is 0. The molecule has 0 spiro atoms. The monoisotopic (exact) mass is 377 g/mol. The van der Waals surface area contributed by atoms with Gasteiger partial charge >= 0.3 is 0 Å². The van der Waals surface area contributed by atoms with Crippen LogP contribution in [0.15, 0.2) is 42.5 Å². The third-order valence-corrected chi connectivity index (χ3v) is 5.72. The van der Waals surface area contributed by atoms with Crippen LogP contribution < -0.4 is 10.2 Å². The van der Waals surface area contributed by atoms with Gasteiger partial charge in [-0.25, -0.2) is 0 Å². The van der Waals surface area contributed by atoms with Crippen LogP contribution in [0.3, 0.4) is 0 Å². The minimum Gasteiger partial charge on any atom is -0.328 e. The van der Waals surface area contributed by atoms with Gasteiger partial charge in [-0.3, -0.25) is 9.59 Å². The number of nitrogens with zero attached hydrogens (tertiary/aromatic N) is 2. The van der Waals surface area contributed by atoms with Crippen LogP contribution >= 0.6 is 0 Å². The second-order valence-corrected chi connectivity index (χ2v) is 7.93. The number of aryl methyl sites for hydroxylation is 2. The first kappa shape index (κ1) is 18.7. The summed E-state index contributed by atoms with van der Waals surface area (Å²) in [5.74, 6) is 0.440. The molecule has 1 N–H and O–H groups in total. The van der Waals surface area contributed by atoms with E-state index in [9.17, 15) is 9.59 Å². The molecule has 2 aromatic carbocycles. The summed E-state index contributed by atoms with van der Waals surface area (Å²) in [4.78, 5) is 29.0. The third kappa shape index (κ3) is 3.80. The van der Waals surface area contributed by atoms with Gasteiger partial charge in [0.25, 0.3) is 5.91 Å². The Morgan fingerprint density at radius 2 is 1.75 bits per heavy atom. The fourth-order valence-electron chi connectivity index (χ4n) is 4.25. The molecule has 146 valence electrons. The molecule has 2 heterocycles. The maximum atomic E-state index is 12.9. The van der Waals surface area contributed by atoms with Gasteiger partial charge in [0.05, 0.1) is 0 Å². The van der Waals surface area contributed by atoms with E-state index in [0.717, 1.165) is 36.3 Å². The topological polar surface area (TPSA) is 52.6 Å². The molecule has 4 rings (SSSR count). The van der Waals surface area contributed by atoms with E-state index in [-0.39, 0.29) is 18.4 Å². The van der Waals surface area contributed by atoms with E-state index in [2.05, 4.69) is 23.5 Å². The van der Waals surface area contributed by atoms with Crippen LogP contribution in [0, 0.1) is 13.8 Å². The largest absolute Gasteiger partial charge is 0.328 e. The highest BCUT2D eigenvalue weighted by Gasteiger charge is 2.29. The number of carbonyl (C=O) groups is 2. The molecular formula is C23H27N3O2. The molecule has 28 heavy (non-hydrogen) atoms. The van der Waals surface area contributed by atoms with E-state index in [1.807, 2.05) is 38.1 Å². The molecule has 2 amide bonds. The van der Waals surface area contributed by atoms with Crippen molar-refractivity contribution in [3.05, 3.63) is 64.7 Å². The molecule has 0 aromatic heterocycles. The number of piperazine rings is 1. The minimum absolute atomic E-state index is 0.0294. The molecular weight excluding hydrogens is 350 g/mol. The second-order valence-electron chi connectivity index (χ2n) is 7.93. The molecule has 0 saturated carbocycles. The highest BCUT2D eigenvalue weighted by molar-refractivity contribution is 6.01. The van der Waals surface area contributed by atoms with E-state index < -0.39 is 0 Å². The summed E-state index contributed by atoms with van der Waals surface area (Å²) in [5.41, 5.74) is 5.13. The molecule has 5 nitrogen and oxygen atoms in total. The number of benzene rings is 2. The summed E-state index contributed by atoms with van der Waals surface area (Å²) < 4.78 is 0. The number of amides is 2. The van der Waals surface area contributed by atoms with Gasteiger partial charge in [0.1, 0.15) is 6.54 Å². The van der Waals surface area contributed by atoms with Gasteiger partial charge in [-0.2, -0.15) is 0 Å². The number of hydrogen-bond acceptors (Lipinski definition) is 3. The van der Waals surface area contributed by atoms with E-state index in [1.54, 1.807) is 9.80 Å². The van der Waals surface area contributed by atoms with Crippen LogP contribution in [0.1, 0.15) is 39.4 Å². The van der Waals surface area contributed by atoms with Gasteiger partial charge in [-0.15, -0.1) is 0 Å². The number of hydrogen-bond donors (Lipinski definition) is 1. The van der Waals surface area contributed by atoms with Gasteiger partial charge in [-0.1, -0.05) is 18.2 Å². The van der Waals surface area contributed by atoms with E-state index in [4.69, 9.17) is 0 Å². The van der Waals surface area contributed by atoms with Crippen molar-refractivity contribution in [1.82, 2.24) is 10.2 Å². The average molecular weight is 377 g/mol. The second kappa shape index (κ2) is 7.76. The smallest absolute Gasteiger partial charge is 0.254 e. The number of nitrogens with one attached hydrogen (secondary N) is 1. The maximum Gasteiger partial charge on any atom is 0.254 e. The van der Waals surface area contributed by atoms with Crippen LogP contribution in [0.25, 0.3) is 0 Å². The van der Waals surface area contributed by atoms with Gasteiger partial charge in [0.2, 0.25) is 5.91 Å². The molecule has 1 atom stereocenters. The Hall–Kier alpha value is -2.66. The molecule has 2 fully saturated rings. The summed E-state index contributed by atoms with van der Waals surface area (Å²) in [7, 11) is 0. The molecule has 0 bridgehead atoms. The van der Waals surface area contributed by atoms with Crippen LogP contribution in [0.2, 0.25) is 0 Å². The predicted octanol–water partition coefficient (Wildman–Crippen LogP) is 2.87. The molecule has 0 unspecified atom stereocenters. The fourth-order valence-corrected chi connectivity index (χ4v) is 4.25. The molecule has 0 radical (unpaired) electrons. The first-order valence-corrected chi connectivity index (χ1v) is 10.00. The van der Waals surface area contributed by atoms with Crippen molar-refractivity contribution in [1.29, 1.82) is 0 Å². The summed E-state index contributed by atoms with van der Waals surface area (Å²) in [6, 6.07) is 14.1. The van der Waals surface area contributed by atoms with E-state index >= 15 is 0 Å². The molecule has 0 aliphatic carbocycles. The summed E-state index contributed by atoms with van der Waals surface area (Å²) in [5, 5.41) is 3.37. The molecule has 2 saturated heterocycles. The number of carbonyl (C=O) groups excluding carboxylic acids is 2. The van der Waals surface area contributed by atoms with Gasteiger partial charge < -0.3 is 15.1 Å². The van der Waals surface area contributed by atoms with Crippen LogP contribution in [0.4, 0.5) is 5.69 Å². The van der Waals surface area contributed by atoms with Crippen molar-refractivity contribution in [3.8, 4) is 0 Å². The summed E-state index contributed by atoms with van der Waals surface area (Å²) in [6.45, 7) is 7.32. The maximum absolute atomic E-state index is 12.9. The highest BCUT2D eigenvalue weighted by Crippen LogP contribution is 2.24. The standard InChI is InChI=1S/C23H27N3O2/c1-16-11-17(2)13-21(12-16)26-10-9-25(15-22(26)27)23(28)19-5-3-18(4-6-19)20-7-8-24-14-20/h3-6,11-13,20,24H,7-10,14-15H2,1-2H3/t20-/m0/s1. The van der Waals surface area contributed by atoms with Crippen LogP contribution in [-0.2, 0) is 4.79 Å². The molecule has 2 aliphatic heterocycles. The molecule has 2 aliphatic rings. The zero-order chi connectivity index (χ0) is 19.7. The lowest BCUT2D eigenvalue weighted by molar-refractivity contribution is -0.120. The van der Waals surface area contributed by atoms with Crippen LogP contribution in [-0.4, -0.2) is 49.4 Å². The fraction of sp³-hybridized carbons (Fsp3) is 0.391. The van der Waals surface area contributed by atoms with Gasteiger partial charge in [0.15, 0.2) is 0 Å². The molecule has 2 aromatic rings. The number of rotatable bonds is 3. The first-order valence-electron chi connectivity index (χ1n) is 10.00. The van der Waals surface area contributed by atoms with Crippen molar-refractivity contribution in [2.75, 3.05) is 37.6 Å². The lowest BCUT2D eigenvalue weighted by atomic mass is 9.97. The van der Waals surface area contributed by atoms with Crippen molar-refractivity contribution >= 4 is 17.5 Å². The first-order chi connectivity index (χ1) is 13.5. The summed E-state index contributed by atoms with van der Waals surface area (Å²) in [6.07, 6.45) is 1.14. The Morgan fingerprint density at radius 1 is 1.04 bits per heavy atom. The van der Waals surface area contributed by atoms with Crippen molar-refractivity contribution in [3.63, 3.8) is 0 Å². The lowest BCUT2D eigenvalue weighted by Crippen LogP contribution is -2.52. The van der Waals surface area contributed by atoms with Gasteiger partial charge in [-0.05, 0) is 73.7 Å². The van der Waals surface area contributed by atoms with Crippen molar-refractivity contribution < 1.29 is 9.59 Å². The van der Waals surface area contributed by atoms with E-state index in [0.29, 0.717) is 24.6 Å². The predicted molar refractivity (Wildman–Crippen MR) is 111 cm³/mol. The van der Waals surface area contributed by atoms with Crippen molar-refractivity contribution in [2.45, 2.75) is 26.2 Å². The Bertz CT molecular complexity index is 865. The lowest BCUT2D eigenvalue weighted by Gasteiger charge is -2.34. The molecule has 5 heteroatoms. The third-order valence-electron chi connectivity index (χ3n) is 5.72. The highest BCUT2D eigenvalue weighted by atomic mass is 16.2. The van der Waals surface area contributed by atoms with Crippen LogP contribution in [0.5, 0.6) is 0 Å². The zero-order valence-electron chi connectivity index (χ0n) is 16.6. The zero-order valence-corrected chi connectivity index (χ0v) is 16.6. The van der Waals surface area contributed by atoms with Crippen molar-refractivity contribution in [2.24, 2.45) is 0 Å². The Balaban J connectivity index is 1.43. The average Bonchev–Trinajstić information content (AvgIpc) is 3.21.